The molecule has 0 aliphatic heterocycles. The number of anilines is 2. The summed E-state index contributed by atoms with van der Waals surface area (Å²) in [5, 5.41) is 9.25. The number of benzene rings is 1. The summed E-state index contributed by atoms with van der Waals surface area (Å²) in [7, 11) is 1.45. The fourth-order valence-electron chi connectivity index (χ4n) is 4.17. The van der Waals surface area contributed by atoms with Crippen molar-refractivity contribution in [2.45, 2.75) is 65.5 Å². The number of alkyl halides is 2. The third kappa shape index (κ3) is 8.94. The highest BCUT2D eigenvalue weighted by Crippen LogP contribution is 2.36. The van der Waals surface area contributed by atoms with Crippen molar-refractivity contribution in [2.24, 2.45) is 0 Å². The molecule has 0 spiro atoms. The van der Waals surface area contributed by atoms with Crippen LogP contribution in [0.5, 0.6) is 11.9 Å². The summed E-state index contributed by atoms with van der Waals surface area (Å²) in [4.78, 5) is 39.1. The van der Waals surface area contributed by atoms with Crippen LogP contribution in [0.15, 0.2) is 24.4 Å². The van der Waals surface area contributed by atoms with Gasteiger partial charge in [-0.05, 0) is 72.0 Å². The fourth-order valence-corrected chi connectivity index (χ4v) is 4.61. The predicted octanol–water partition coefficient (Wildman–Crippen LogP) is 6.08. The Morgan fingerprint density at radius 1 is 1.06 bits per heavy atom. The second-order valence-electron chi connectivity index (χ2n) is 11.8. The topological polar surface area (TPSA) is 140 Å². The summed E-state index contributed by atoms with van der Waals surface area (Å²) in [6.45, 7) is 10.1. The lowest BCUT2D eigenvalue weighted by atomic mass is 10.0. The lowest BCUT2D eigenvalue weighted by molar-refractivity contribution is -0.111. The maximum absolute atomic E-state index is 15.8. The van der Waals surface area contributed by atoms with Crippen molar-refractivity contribution < 1.29 is 41.7 Å². The number of thiocarbonyl (C=S) groups is 1. The van der Waals surface area contributed by atoms with E-state index in [4.69, 9.17) is 31.2 Å². The van der Waals surface area contributed by atoms with Crippen LogP contribution < -0.4 is 19.3 Å². The van der Waals surface area contributed by atoms with E-state index in [0.29, 0.717) is 13.2 Å². The van der Waals surface area contributed by atoms with E-state index < -0.39 is 40.3 Å². The minimum atomic E-state index is -3.39. The molecule has 2 aromatic heterocycles. The molecular weight excluding hydrogens is 641 g/mol. The van der Waals surface area contributed by atoms with Crippen molar-refractivity contribution in [2.75, 3.05) is 36.7 Å². The van der Waals surface area contributed by atoms with Gasteiger partial charge in [0, 0.05) is 19.7 Å². The molecule has 3 aromatic rings. The molecule has 0 fully saturated rings. The molecule has 16 heteroatoms. The number of rotatable bonds is 11. The summed E-state index contributed by atoms with van der Waals surface area (Å²) in [5.41, 5.74) is -3.28. The number of carbonyl (C=O) groups is 2. The van der Waals surface area contributed by atoms with Gasteiger partial charge in [-0.15, -0.1) is 0 Å². The number of carbonyl (C=O) groups excluding carboxylic acids is 2. The van der Waals surface area contributed by atoms with Crippen LogP contribution in [-0.2, 0) is 20.2 Å². The van der Waals surface area contributed by atoms with Crippen LogP contribution in [0.25, 0.3) is 10.9 Å². The molecule has 0 N–H and O–H groups in total. The predicted molar refractivity (Wildman–Crippen MR) is 170 cm³/mol. The highest BCUT2D eigenvalue weighted by molar-refractivity contribution is 7.80. The van der Waals surface area contributed by atoms with Gasteiger partial charge in [0.15, 0.2) is 10.9 Å². The summed E-state index contributed by atoms with van der Waals surface area (Å²) < 4.78 is 65.8. The van der Waals surface area contributed by atoms with Crippen LogP contribution in [0.2, 0.25) is 0 Å². The van der Waals surface area contributed by atoms with Crippen molar-refractivity contribution in [3.05, 3.63) is 41.5 Å². The smallest absolute Gasteiger partial charge is 0.473 e. The molecule has 0 saturated carbocycles. The molecule has 252 valence electrons. The summed E-state index contributed by atoms with van der Waals surface area (Å²) >= 11 is 5.72. The van der Waals surface area contributed by atoms with Crippen LogP contribution in [0.1, 0.15) is 59.7 Å². The minimum absolute atomic E-state index is 0.0609. The zero-order chi connectivity index (χ0) is 35.3. The molecule has 0 saturated heterocycles. The van der Waals surface area contributed by atoms with Gasteiger partial charge in [-0.25, -0.2) is 22.9 Å². The van der Waals surface area contributed by atoms with Gasteiger partial charge in [0.25, 0.3) is 5.92 Å². The highest BCUT2D eigenvalue weighted by atomic mass is 32.1. The number of fused-ring (bicyclic) bond motifs is 1. The monoisotopic (exact) mass is 676 g/mol. The SMILES string of the molecule is CCOc1nc(OCCOC(=O)OC(C)(C)C)c2cc(N(C(=S)N(C)c3cnc(C#N)c(C(C)(F)F)c3)C(C)(C)C=O)cc(F)c2n1. The first kappa shape index (κ1) is 36.7. The molecule has 47 heavy (non-hydrogen) atoms. The van der Waals surface area contributed by atoms with E-state index in [9.17, 15) is 23.6 Å². The van der Waals surface area contributed by atoms with E-state index in [1.54, 1.807) is 33.8 Å². The number of ether oxygens (including phenoxy) is 4. The van der Waals surface area contributed by atoms with Gasteiger partial charge in [-0.1, -0.05) is 0 Å². The standard InChI is InChI=1S/C31H35F3N6O6S/c1-9-43-26-37-24-20(25(38-26)44-10-11-45-28(42)46-29(2,3)4)12-18(14-22(24)32)40(30(5,6)17-41)27(47)39(8)19-13-21(31(7,33)34)23(15-35)36-16-19/h12-14,16-17H,9-11H2,1-8H3. The Hall–Kier alpha value is -4.78. The second kappa shape index (κ2) is 14.3. The molecule has 0 amide bonds. The molecule has 0 aliphatic rings. The van der Waals surface area contributed by atoms with E-state index in [1.807, 2.05) is 0 Å². The maximum Gasteiger partial charge on any atom is 0.508 e. The Morgan fingerprint density at radius 3 is 2.32 bits per heavy atom. The number of halogens is 3. The fraction of sp³-hybridized carbons (Fsp3) is 0.452. The Labute approximate surface area is 275 Å². The normalized spacial score (nSPS) is 11.8. The molecule has 2 heterocycles. The second-order valence-corrected chi connectivity index (χ2v) is 12.1. The van der Waals surface area contributed by atoms with Crippen molar-refractivity contribution in [1.29, 1.82) is 5.26 Å². The van der Waals surface area contributed by atoms with Crippen LogP contribution >= 0.6 is 12.2 Å². The third-order valence-electron chi connectivity index (χ3n) is 6.33. The first-order valence-electron chi connectivity index (χ1n) is 14.3. The van der Waals surface area contributed by atoms with E-state index >= 15 is 4.39 Å². The van der Waals surface area contributed by atoms with Gasteiger partial charge in [-0.2, -0.15) is 15.2 Å². The van der Waals surface area contributed by atoms with Gasteiger partial charge in [0.1, 0.15) is 42.4 Å². The van der Waals surface area contributed by atoms with E-state index in [0.717, 1.165) is 12.1 Å². The van der Waals surface area contributed by atoms with Crippen LogP contribution in [0, 0.1) is 17.1 Å². The van der Waals surface area contributed by atoms with Gasteiger partial charge in [0.2, 0.25) is 5.88 Å². The van der Waals surface area contributed by atoms with E-state index in [1.165, 1.54) is 43.0 Å². The summed E-state index contributed by atoms with van der Waals surface area (Å²) in [6.07, 6.45) is 0.855. The summed E-state index contributed by atoms with van der Waals surface area (Å²) in [6, 6.07) is 5.07. The van der Waals surface area contributed by atoms with Crippen molar-refractivity contribution in [3.8, 4) is 18.0 Å². The molecule has 0 atom stereocenters. The molecular formula is C31H35F3N6O6S. The van der Waals surface area contributed by atoms with E-state index in [-0.39, 0.29) is 59.1 Å². The van der Waals surface area contributed by atoms with E-state index in [2.05, 4.69) is 15.0 Å². The Balaban J connectivity index is 2.08. The van der Waals surface area contributed by atoms with Gasteiger partial charge < -0.3 is 33.5 Å². The number of nitrogens with zero attached hydrogens (tertiary/aromatic N) is 6. The number of hydrogen-bond acceptors (Lipinski definition) is 11. The minimum Gasteiger partial charge on any atom is -0.473 e. The first-order chi connectivity index (χ1) is 21.8. The molecule has 12 nitrogen and oxygen atoms in total. The van der Waals surface area contributed by atoms with Crippen molar-refractivity contribution in [3.63, 3.8) is 0 Å². The quantitative estimate of drug-likeness (QED) is 0.100. The van der Waals surface area contributed by atoms with Gasteiger partial charge in [0.05, 0.1) is 35.0 Å². The molecule has 0 bridgehead atoms. The molecule has 0 unspecified atom stereocenters. The molecule has 0 aliphatic carbocycles. The average molecular weight is 677 g/mol. The number of pyridine rings is 1. The highest BCUT2D eigenvalue weighted by Gasteiger charge is 2.35. The molecule has 1 aromatic carbocycles. The van der Waals surface area contributed by atoms with Crippen LogP contribution in [0.3, 0.4) is 0 Å². The first-order valence-corrected chi connectivity index (χ1v) is 14.7. The van der Waals surface area contributed by atoms with Crippen LogP contribution in [0.4, 0.5) is 29.3 Å². The maximum atomic E-state index is 15.8. The third-order valence-corrected chi connectivity index (χ3v) is 6.79. The van der Waals surface area contributed by atoms with Crippen LogP contribution in [-0.4, -0.2) is 70.5 Å². The average Bonchev–Trinajstić information content (AvgIpc) is 2.97. The Kier molecular flexibility index (Phi) is 11.2. The molecule has 0 radical (unpaired) electrons. The van der Waals surface area contributed by atoms with Crippen molar-refractivity contribution >= 4 is 52.0 Å². The van der Waals surface area contributed by atoms with Crippen molar-refractivity contribution in [1.82, 2.24) is 15.0 Å². The summed E-state index contributed by atoms with van der Waals surface area (Å²) in [5.74, 6) is -4.36. The lowest BCUT2D eigenvalue weighted by Gasteiger charge is -2.39. The number of aromatic nitrogens is 3. The largest absolute Gasteiger partial charge is 0.508 e. The zero-order valence-corrected chi connectivity index (χ0v) is 28.0. The number of hydrogen-bond donors (Lipinski definition) is 0. The zero-order valence-electron chi connectivity index (χ0n) is 27.2. The Bertz CT molecular complexity index is 1700. The van der Waals surface area contributed by atoms with Gasteiger partial charge >= 0.3 is 12.2 Å². The Morgan fingerprint density at radius 2 is 1.74 bits per heavy atom. The lowest BCUT2D eigenvalue weighted by Crippen LogP contribution is -2.54. The molecule has 3 rings (SSSR count). The van der Waals surface area contributed by atoms with Gasteiger partial charge in [-0.3, -0.25) is 0 Å². The number of aldehydes is 1. The number of nitriles is 1.